The lowest BCUT2D eigenvalue weighted by Crippen LogP contribution is -2.40. The minimum absolute atomic E-state index is 0.0390. The first-order valence-corrected chi connectivity index (χ1v) is 9.11. The van der Waals surface area contributed by atoms with Crippen molar-refractivity contribution in [2.45, 2.75) is 13.8 Å². The Morgan fingerprint density at radius 2 is 1.85 bits per heavy atom. The van der Waals surface area contributed by atoms with Gasteiger partial charge in [-0.2, -0.15) is 0 Å². The molecular formula is C21H25N3O3. The number of nitrogens with one attached hydrogen (secondary N) is 2. The van der Waals surface area contributed by atoms with Crippen LogP contribution in [0.5, 0.6) is 0 Å². The summed E-state index contributed by atoms with van der Waals surface area (Å²) in [7, 11) is 0. The summed E-state index contributed by atoms with van der Waals surface area (Å²) in [6.45, 7) is 6.48. The van der Waals surface area contributed by atoms with Crippen molar-refractivity contribution in [2.24, 2.45) is 0 Å². The fraction of sp³-hybridized carbons (Fsp3) is 0.333. The number of carbonyl (C=O) groups is 2. The summed E-state index contributed by atoms with van der Waals surface area (Å²) in [6.07, 6.45) is 0. The topological polar surface area (TPSA) is 70.7 Å². The molecule has 142 valence electrons. The van der Waals surface area contributed by atoms with Crippen molar-refractivity contribution in [1.29, 1.82) is 0 Å². The Morgan fingerprint density at radius 1 is 1.07 bits per heavy atom. The van der Waals surface area contributed by atoms with Crippen LogP contribution in [0.15, 0.2) is 42.5 Å². The normalized spacial score (nSPS) is 13.9. The average molecular weight is 367 g/mol. The van der Waals surface area contributed by atoms with Gasteiger partial charge in [0, 0.05) is 30.0 Å². The third-order valence-corrected chi connectivity index (χ3v) is 4.52. The van der Waals surface area contributed by atoms with Crippen molar-refractivity contribution < 1.29 is 14.3 Å². The van der Waals surface area contributed by atoms with E-state index in [4.69, 9.17) is 4.74 Å². The molecule has 1 aliphatic rings. The standard InChI is InChI=1S/C21H25N3O3/c1-15-6-7-16(2)19(12-15)22-14-20(25)23-18-5-3-4-17(13-18)21(26)24-8-10-27-11-9-24/h3-7,12-13,22H,8-11,14H2,1-2H3,(H,23,25). The third kappa shape index (κ3) is 5.08. The first-order valence-electron chi connectivity index (χ1n) is 9.11. The highest BCUT2D eigenvalue weighted by Gasteiger charge is 2.18. The van der Waals surface area contributed by atoms with Crippen LogP contribution in [0, 0.1) is 13.8 Å². The van der Waals surface area contributed by atoms with Crippen LogP contribution in [0.4, 0.5) is 11.4 Å². The number of amides is 2. The fourth-order valence-electron chi connectivity index (χ4n) is 2.99. The summed E-state index contributed by atoms with van der Waals surface area (Å²) in [5.41, 5.74) is 4.35. The molecular weight excluding hydrogens is 342 g/mol. The largest absolute Gasteiger partial charge is 0.378 e. The van der Waals surface area contributed by atoms with Crippen molar-refractivity contribution in [3.05, 3.63) is 59.2 Å². The van der Waals surface area contributed by atoms with E-state index in [1.54, 1.807) is 29.2 Å². The Hall–Kier alpha value is -2.86. The number of ether oxygens (including phenoxy) is 1. The second-order valence-electron chi connectivity index (χ2n) is 6.71. The molecule has 0 saturated carbocycles. The van der Waals surface area contributed by atoms with Gasteiger partial charge < -0.3 is 20.3 Å². The first-order chi connectivity index (χ1) is 13.0. The lowest BCUT2D eigenvalue weighted by molar-refractivity contribution is -0.114. The molecule has 2 amide bonds. The van der Waals surface area contributed by atoms with Gasteiger partial charge in [-0.15, -0.1) is 0 Å². The molecule has 2 N–H and O–H groups in total. The van der Waals surface area contributed by atoms with Crippen molar-refractivity contribution in [1.82, 2.24) is 4.90 Å². The molecule has 0 radical (unpaired) electrons. The van der Waals surface area contributed by atoms with E-state index in [-0.39, 0.29) is 18.4 Å². The predicted molar refractivity (Wildman–Crippen MR) is 106 cm³/mol. The number of hydrogen-bond acceptors (Lipinski definition) is 4. The van der Waals surface area contributed by atoms with Gasteiger partial charge in [-0.3, -0.25) is 9.59 Å². The predicted octanol–water partition coefficient (Wildman–Crippen LogP) is 2.83. The van der Waals surface area contributed by atoms with Crippen molar-refractivity contribution in [2.75, 3.05) is 43.5 Å². The van der Waals surface area contributed by atoms with E-state index in [1.165, 1.54) is 0 Å². The van der Waals surface area contributed by atoms with Crippen LogP contribution in [0.1, 0.15) is 21.5 Å². The van der Waals surface area contributed by atoms with Gasteiger partial charge in [0.1, 0.15) is 0 Å². The number of carbonyl (C=O) groups excluding carboxylic acids is 2. The number of aryl methyl sites for hydroxylation is 2. The molecule has 0 bridgehead atoms. The SMILES string of the molecule is Cc1ccc(C)c(NCC(=O)Nc2cccc(C(=O)N3CCOCC3)c2)c1. The van der Waals surface area contributed by atoms with E-state index < -0.39 is 0 Å². The van der Waals surface area contributed by atoms with Crippen LogP contribution in [0.25, 0.3) is 0 Å². The zero-order valence-electron chi connectivity index (χ0n) is 15.7. The average Bonchev–Trinajstić information content (AvgIpc) is 2.69. The number of anilines is 2. The van der Waals surface area contributed by atoms with Gasteiger partial charge in [-0.1, -0.05) is 18.2 Å². The quantitative estimate of drug-likeness (QED) is 0.853. The van der Waals surface area contributed by atoms with Gasteiger partial charge >= 0.3 is 0 Å². The van der Waals surface area contributed by atoms with E-state index in [2.05, 4.69) is 10.6 Å². The van der Waals surface area contributed by atoms with Gasteiger partial charge in [-0.25, -0.2) is 0 Å². The van der Waals surface area contributed by atoms with Crippen molar-refractivity contribution in [3.8, 4) is 0 Å². The Morgan fingerprint density at radius 3 is 2.63 bits per heavy atom. The molecule has 6 nitrogen and oxygen atoms in total. The number of benzene rings is 2. The summed E-state index contributed by atoms with van der Waals surface area (Å²) < 4.78 is 5.28. The van der Waals surface area contributed by atoms with Gasteiger partial charge in [0.05, 0.1) is 19.8 Å². The monoisotopic (exact) mass is 367 g/mol. The molecule has 0 aromatic heterocycles. The number of hydrogen-bond donors (Lipinski definition) is 2. The lowest BCUT2D eigenvalue weighted by Gasteiger charge is -2.27. The lowest BCUT2D eigenvalue weighted by atomic mass is 10.1. The maximum absolute atomic E-state index is 12.6. The fourth-order valence-corrected chi connectivity index (χ4v) is 2.99. The van der Waals surface area contributed by atoms with E-state index in [0.29, 0.717) is 37.6 Å². The maximum Gasteiger partial charge on any atom is 0.254 e. The number of nitrogens with zero attached hydrogens (tertiary/aromatic N) is 1. The Kier molecular flexibility index (Phi) is 6.08. The minimum atomic E-state index is -0.160. The first kappa shape index (κ1) is 18.9. The summed E-state index contributed by atoms with van der Waals surface area (Å²) in [5.74, 6) is -0.199. The van der Waals surface area contributed by atoms with Crippen molar-refractivity contribution >= 4 is 23.2 Å². The zero-order chi connectivity index (χ0) is 19.2. The highest BCUT2D eigenvalue weighted by Crippen LogP contribution is 2.17. The number of rotatable bonds is 5. The van der Waals surface area contributed by atoms with E-state index in [9.17, 15) is 9.59 Å². The van der Waals surface area contributed by atoms with E-state index >= 15 is 0 Å². The van der Waals surface area contributed by atoms with Crippen LogP contribution in [0.2, 0.25) is 0 Å². The van der Waals surface area contributed by atoms with Crippen molar-refractivity contribution in [3.63, 3.8) is 0 Å². The molecule has 1 saturated heterocycles. The maximum atomic E-state index is 12.6. The molecule has 27 heavy (non-hydrogen) atoms. The second kappa shape index (κ2) is 8.68. The molecule has 1 heterocycles. The van der Waals surface area contributed by atoms with Crippen LogP contribution in [0.3, 0.4) is 0 Å². The molecule has 2 aromatic rings. The zero-order valence-corrected chi connectivity index (χ0v) is 15.7. The summed E-state index contributed by atoms with van der Waals surface area (Å²) >= 11 is 0. The Labute approximate surface area is 159 Å². The molecule has 1 fully saturated rings. The molecule has 1 aliphatic heterocycles. The van der Waals surface area contributed by atoms with Crippen LogP contribution < -0.4 is 10.6 Å². The van der Waals surface area contributed by atoms with Gasteiger partial charge in [0.15, 0.2) is 0 Å². The summed E-state index contributed by atoms with van der Waals surface area (Å²) in [4.78, 5) is 26.6. The van der Waals surface area contributed by atoms with Crippen LogP contribution in [-0.2, 0) is 9.53 Å². The highest BCUT2D eigenvalue weighted by molar-refractivity contribution is 5.98. The van der Waals surface area contributed by atoms with Gasteiger partial charge in [0.25, 0.3) is 5.91 Å². The second-order valence-corrected chi connectivity index (χ2v) is 6.71. The summed E-state index contributed by atoms with van der Waals surface area (Å²) in [5, 5.41) is 6.01. The van der Waals surface area contributed by atoms with E-state index in [1.807, 2.05) is 32.0 Å². The van der Waals surface area contributed by atoms with Gasteiger partial charge in [0.2, 0.25) is 5.91 Å². The van der Waals surface area contributed by atoms with Crippen LogP contribution in [-0.4, -0.2) is 49.6 Å². The molecule has 0 spiro atoms. The Bertz CT molecular complexity index is 829. The molecule has 0 atom stereocenters. The van der Waals surface area contributed by atoms with Crippen LogP contribution >= 0.6 is 0 Å². The highest BCUT2D eigenvalue weighted by atomic mass is 16.5. The molecule has 6 heteroatoms. The van der Waals surface area contributed by atoms with E-state index in [0.717, 1.165) is 16.8 Å². The molecule has 3 rings (SSSR count). The Balaban J connectivity index is 1.59. The minimum Gasteiger partial charge on any atom is -0.378 e. The number of morpholine rings is 1. The third-order valence-electron chi connectivity index (χ3n) is 4.52. The smallest absolute Gasteiger partial charge is 0.254 e. The molecule has 0 aliphatic carbocycles. The van der Waals surface area contributed by atoms with Gasteiger partial charge in [-0.05, 0) is 49.2 Å². The summed E-state index contributed by atoms with van der Waals surface area (Å²) in [6, 6.07) is 13.1. The molecule has 0 unspecified atom stereocenters. The molecule has 2 aromatic carbocycles.